The molecule has 1 aromatic heterocycles. The highest BCUT2D eigenvalue weighted by Gasteiger charge is 2.18. The number of oxime groups is 1. The van der Waals surface area contributed by atoms with Crippen LogP contribution in [0.2, 0.25) is 0 Å². The van der Waals surface area contributed by atoms with Crippen molar-refractivity contribution in [3.63, 3.8) is 0 Å². The number of carbonyl (C=O) groups excluding carboxylic acids is 1. The van der Waals surface area contributed by atoms with Gasteiger partial charge in [-0.2, -0.15) is 0 Å². The van der Waals surface area contributed by atoms with E-state index in [1.807, 2.05) is 13.8 Å². The van der Waals surface area contributed by atoms with Crippen LogP contribution in [0.4, 0.5) is 4.39 Å². The molecule has 1 N–H and O–H groups in total. The van der Waals surface area contributed by atoms with Crippen molar-refractivity contribution in [2.75, 3.05) is 0 Å². The first-order chi connectivity index (χ1) is 10.5. The first kappa shape index (κ1) is 15.6. The second-order valence-electron chi connectivity index (χ2n) is 4.83. The van der Waals surface area contributed by atoms with Gasteiger partial charge in [0, 0.05) is 23.4 Å². The highest BCUT2D eigenvalue weighted by Crippen LogP contribution is 2.15. The Morgan fingerprint density at radius 1 is 1.23 bits per heavy atom. The zero-order valence-electron chi connectivity index (χ0n) is 12.2. The lowest BCUT2D eigenvalue weighted by Gasteiger charge is -2.10. The molecule has 0 aliphatic rings. The maximum absolute atomic E-state index is 12.9. The van der Waals surface area contributed by atoms with Crippen molar-refractivity contribution in [2.45, 2.75) is 20.0 Å². The minimum Gasteiger partial charge on any atom is -0.475 e. The molecule has 22 heavy (non-hydrogen) atoms. The Bertz CT molecular complexity index is 697. The number of halogens is 1. The van der Waals surface area contributed by atoms with Crippen LogP contribution in [0.5, 0.6) is 5.88 Å². The second kappa shape index (κ2) is 6.80. The molecule has 0 fully saturated rings. The van der Waals surface area contributed by atoms with Gasteiger partial charge in [0.15, 0.2) is 5.71 Å². The smallest absolute Gasteiger partial charge is 0.215 e. The largest absolute Gasteiger partial charge is 0.475 e. The van der Waals surface area contributed by atoms with Gasteiger partial charge >= 0.3 is 0 Å². The molecule has 0 saturated heterocycles. The van der Waals surface area contributed by atoms with Crippen molar-refractivity contribution in [1.29, 1.82) is 0 Å². The molecular weight excluding hydrogens is 287 g/mol. The minimum atomic E-state index is -0.524. The van der Waals surface area contributed by atoms with Crippen molar-refractivity contribution in [3.8, 4) is 5.88 Å². The highest BCUT2D eigenvalue weighted by molar-refractivity contribution is 6.51. The van der Waals surface area contributed by atoms with Gasteiger partial charge in [0.2, 0.25) is 11.7 Å². The summed E-state index contributed by atoms with van der Waals surface area (Å²) in [6.07, 6.45) is 1.38. The number of rotatable bonds is 5. The number of hydrogen-bond donors (Lipinski definition) is 1. The van der Waals surface area contributed by atoms with Gasteiger partial charge in [-0.25, -0.2) is 9.37 Å². The van der Waals surface area contributed by atoms with Gasteiger partial charge in [-0.15, -0.1) is 0 Å². The van der Waals surface area contributed by atoms with Crippen LogP contribution >= 0.6 is 0 Å². The van der Waals surface area contributed by atoms with Crippen molar-refractivity contribution in [2.24, 2.45) is 5.16 Å². The topological polar surface area (TPSA) is 71.8 Å². The molecule has 5 nitrogen and oxygen atoms in total. The summed E-state index contributed by atoms with van der Waals surface area (Å²) in [7, 11) is 0. The fourth-order valence-corrected chi connectivity index (χ4v) is 1.83. The number of carbonyl (C=O) groups is 1. The predicted molar refractivity (Wildman–Crippen MR) is 79.1 cm³/mol. The molecule has 0 radical (unpaired) electrons. The molecule has 0 aliphatic carbocycles. The summed E-state index contributed by atoms with van der Waals surface area (Å²) in [5.74, 6) is -0.652. The molecule has 1 aromatic carbocycles. The molecule has 0 unspecified atom stereocenters. The van der Waals surface area contributed by atoms with E-state index in [4.69, 9.17) is 4.74 Å². The van der Waals surface area contributed by atoms with Crippen molar-refractivity contribution in [3.05, 3.63) is 59.5 Å². The summed E-state index contributed by atoms with van der Waals surface area (Å²) in [5.41, 5.74) is 0.419. The van der Waals surface area contributed by atoms with Crippen LogP contribution in [0.25, 0.3) is 0 Å². The molecule has 0 amide bonds. The lowest BCUT2D eigenvalue weighted by atomic mass is 10.0. The zero-order chi connectivity index (χ0) is 16.1. The lowest BCUT2D eigenvalue weighted by Crippen LogP contribution is -2.17. The van der Waals surface area contributed by atoms with E-state index in [2.05, 4.69) is 10.1 Å². The minimum absolute atomic E-state index is 0.0786. The number of Topliss-reactive ketones (excluding diaryl/α,β-unsaturated/α-hetero) is 1. The zero-order valence-corrected chi connectivity index (χ0v) is 12.2. The summed E-state index contributed by atoms with van der Waals surface area (Å²) in [6, 6.07) is 8.04. The van der Waals surface area contributed by atoms with E-state index in [9.17, 15) is 14.4 Å². The molecule has 0 aliphatic heterocycles. The average molecular weight is 302 g/mol. The van der Waals surface area contributed by atoms with Crippen molar-refractivity contribution >= 4 is 11.5 Å². The first-order valence-electron chi connectivity index (χ1n) is 6.66. The van der Waals surface area contributed by atoms with E-state index < -0.39 is 11.6 Å². The molecule has 6 heteroatoms. The number of hydrogen-bond acceptors (Lipinski definition) is 5. The fraction of sp³-hybridized carbons (Fsp3) is 0.188. The van der Waals surface area contributed by atoms with Crippen LogP contribution in [0.1, 0.15) is 29.8 Å². The van der Waals surface area contributed by atoms with Gasteiger partial charge < -0.3 is 9.94 Å². The number of ether oxygens (including phenoxy) is 1. The molecule has 0 bridgehead atoms. The van der Waals surface area contributed by atoms with Crippen molar-refractivity contribution in [1.82, 2.24) is 4.98 Å². The maximum atomic E-state index is 12.9. The van der Waals surface area contributed by atoms with Gasteiger partial charge in [-0.1, -0.05) is 5.16 Å². The standard InChI is InChI=1S/C16H15FN2O3/c1-10(2)22-14-9-12(7-8-18-14)15(19-21)16(20)11-3-5-13(17)6-4-11/h3-10,21H,1-2H3/b19-15+. The SMILES string of the molecule is CC(C)Oc1cc(/C(=N\O)C(=O)c2ccc(F)cc2)ccn1. The van der Waals surface area contributed by atoms with Crippen LogP contribution in [0.15, 0.2) is 47.8 Å². The van der Waals surface area contributed by atoms with Crippen LogP contribution in [0, 0.1) is 5.82 Å². The molecular formula is C16H15FN2O3. The molecule has 114 valence electrons. The Hall–Kier alpha value is -2.76. The molecule has 1 heterocycles. The monoisotopic (exact) mass is 302 g/mol. The van der Waals surface area contributed by atoms with Crippen LogP contribution in [-0.4, -0.2) is 27.8 Å². The number of aromatic nitrogens is 1. The van der Waals surface area contributed by atoms with Gasteiger partial charge in [-0.3, -0.25) is 4.79 Å². The highest BCUT2D eigenvalue weighted by atomic mass is 19.1. The fourth-order valence-electron chi connectivity index (χ4n) is 1.83. The second-order valence-corrected chi connectivity index (χ2v) is 4.83. The number of ketones is 1. The van der Waals surface area contributed by atoms with E-state index in [0.717, 1.165) is 0 Å². The van der Waals surface area contributed by atoms with Crippen LogP contribution < -0.4 is 4.74 Å². The summed E-state index contributed by atoms with van der Waals surface area (Å²) in [5, 5.41) is 12.2. The third-order valence-electron chi connectivity index (χ3n) is 2.79. The summed E-state index contributed by atoms with van der Waals surface area (Å²) in [6.45, 7) is 3.69. The predicted octanol–water partition coefficient (Wildman–Crippen LogP) is 3.07. The Morgan fingerprint density at radius 3 is 2.50 bits per heavy atom. The van der Waals surface area contributed by atoms with Gasteiger partial charge in [0.05, 0.1) is 6.10 Å². The van der Waals surface area contributed by atoms with Gasteiger partial charge in [0.1, 0.15) is 5.82 Å². The van der Waals surface area contributed by atoms with E-state index in [0.29, 0.717) is 11.4 Å². The van der Waals surface area contributed by atoms with Crippen LogP contribution in [-0.2, 0) is 0 Å². The van der Waals surface area contributed by atoms with E-state index in [-0.39, 0.29) is 17.4 Å². The van der Waals surface area contributed by atoms with Crippen molar-refractivity contribution < 1.29 is 19.1 Å². The summed E-state index contributed by atoms with van der Waals surface area (Å²) >= 11 is 0. The third-order valence-corrected chi connectivity index (χ3v) is 2.79. The van der Waals surface area contributed by atoms with E-state index in [1.165, 1.54) is 42.6 Å². The Labute approximate surface area is 127 Å². The van der Waals surface area contributed by atoms with Gasteiger partial charge in [0.25, 0.3) is 0 Å². The third kappa shape index (κ3) is 3.66. The molecule has 2 rings (SSSR count). The Kier molecular flexibility index (Phi) is 4.83. The maximum Gasteiger partial charge on any atom is 0.215 e. The van der Waals surface area contributed by atoms with Gasteiger partial charge in [-0.05, 0) is 44.2 Å². The van der Waals surface area contributed by atoms with E-state index >= 15 is 0 Å². The summed E-state index contributed by atoms with van der Waals surface area (Å²) < 4.78 is 18.4. The Balaban J connectivity index is 2.32. The normalized spacial score (nSPS) is 11.5. The first-order valence-corrected chi connectivity index (χ1v) is 6.66. The molecule has 0 atom stereocenters. The molecule has 0 spiro atoms. The quantitative estimate of drug-likeness (QED) is 0.399. The number of nitrogens with zero attached hydrogens (tertiary/aromatic N) is 2. The molecule has 0 saturated carbocycles. The lowest BCUT2D eigenvalue weighted by molar-refractivity contribution is 0.106. The number of pyridine rings is 1. The van der Waals surface area contributed by atoms with E-state index in [1.54, 1.807) is 0 Å². The molecule has 2 aromatic rings. The Morgan fingerprint density at radius 2 is 1.91 bits per heavy atom. The summed E-state index contributed by atoms with van der Waals surface area (Å²) in [4.78, 5) is 16.4. The average Bonchev–Trinajstić information content (AvgIpc) is 2.48. The number of benzene rings is 1. The van der Waals surface area contributed by atoms with Crippen LogP contribution in [0.3, 0.4) is 0 Å².